The smallest absolute Gasteiger partial charge is 0.305 e. The maximum absolute atomic E-state index is 12.6. The van der Waals surface area contributed by atoms with Crippen LogP contribution in [-0.2, 0) is 28.6 Å². The Labute approximate surface area is 167 Å². The standard InChI is InChI=1S/C16H29N3O10/c1-6(21)10(17)15(26)18-7(4-9(22)23)14(25)19-11-12(24)13(27-2)8(5-20)29-16(11)28-3/h6-8,10-13,16,20-21,24H,4-5,17H2,1-3H3,(H,18,26)(H,19,25)(H,22,23)/t6?,7?,8?,10?,11?,12-,13-,16-/m1/s1. The second-order valence-electron chi connectivity index (χ2n) is 6.61. The van der Waals surface area contributed by atoms with E-state index in [4.69, 9.17) is 25.1 Å². The van der Waals surface area contributed by atoms with E-state index >= 15 is 0 Å². The van der Waals surface area contributed by atoms with Crippen LogP contribution >= 0.6 is 0 Å². The minimum Gasteiger partial charge on any atom is -0.481 e. The Kier molecular flexibility index (Phi) is 9.85. The van der Waals surface area contributed by atoms with Crippen molar-refractivity contribution in [2.75, 3.05) is 20.8 Å². The number of hydrogen-bond donors (Lipinski definition) is 7. The van der Waals surface area contributed by atoms with Gasteiger partial charge < -0.3 is 51.0 Å². The van der Waals surface area contributed by atoms with E-state index in [2.05, 4.69) is 10.6 Å². The molecule has 1 aliphatic heterocycles. The lowest BCUT2D eigenvalue weighted by Gasteiger charge is -2.43. The number of methoxy groups -OCH3 is 2. The van der Waals surface area contributed by atoms with Gasteiger partial charge in [-0.05, 0) is 6.92 Å². The first-order valence-electron chi connectivity index (χ1n) is 8.83. The average molecular weight is 423 g/mol. The van der Waals surface area contributed by atoms with Gasteiger partial charge in [0.1, 0.15) is 36.4 Å². The number of carboxylic acids is 1. The van der Waals surface area contributed by atoms with Gasteiger partial charge in [-0.1, -0.05) is 0 Å². The molecule has 8 N–H and O–H groups in total. The molecule has 5 unspecified atom stereocenters. The zero-order valence-electron chi connectivity index (χ0n) is 16.3. The second kappa shape index (κ2) is 11.3. The summed E-state index contributed by atoms with van der Waals surface area (Å²) in [4.78, 5) is 35.7. The van der Waals surface area contributed by atoms with Crippen LogP contribution in [0, 0.1) is 0 Å². The number of hydrogen-bond acceptors (Lipinski definition) is 10. The molecule has 0 bridgehead atoms. The lowest BCUT2D eigenvalue weighted by molar-refractivity contribution is -0.267. The molecule has 1 heterocycles. The van der Waals surface area contributed by atoms with Crippen molar-refractivity contribution >= 4 is 17.8 Å². The Bertz CT molecular complexity index is 575. The normalized spacial score (nSPS) is 30.1. The van der Waals surface area contributed by atoms with Gasteiger partial charge >= 0.3 is 5.97 Å². The lowest BCUT2D eigenvalue weighted by atomic mass is 9.96. The Morgan fingerprint density at radius 3 is 2.28 bits per heavy atom. The maximum atomic E-state index is 12.6. The largest absolute Gasteiger partial charge is 0.481 e. The molecule has 1 rings (SSSR count). The molecule has 8 atom stereocenters. The number of ether oxygens (including phenoxy) is 3. The molecule has 1 fully saturated rings. The van der Waals surface area contributed by atoms with Crippen molar-refractivity contribution in [1.82, 2.24) is 10.6 Å². The van der Waals surface area contributed by atoms with Crippen molar-refractivity contribution in [3.05, 3.63) is 0 Å². The van der Waals surface area contributed by atoms with E-state index in [0.717, 1.165) is 0 Å². The summed E-state index contributed by atoms with van der Waals surface area (Å²) < 4.78 is 15.7. The molecule has 13 nitrogen and oxygen atoms in total. The van der Waals surface area contributed by atoms with E-state index in [-0.39, 0.29) is 0 Å². The van der Waals surface area contributed by atoms with Gasteiger partial charge in [0, 0.05) is 14.2 Å². The number of carboxylic acid groups (broad SMARTS) is 1. The summed E-state index contributed by atoms with van der Waals surface area (Å²) in [5, 5.41) is 42.9. The quantitative estimate of drug-likeness (QED) is 0.179. The highest BCUT2D eigenvalue weighted by Gasteiger charge is 2.47. The number of rotatable bonds is 10. The molecule has 0 saturated carbocycles. The van der Waals surface area contributed by atoms with Crippen LogP contribution < -0.4 is 16.4 Å². The molecule has 29 heavy (non-hydrogen) atoms. The maximum Gasteiger partial charge on any atom is 0.305 e. The number of aliphatic hydroxyl groups is 3. The van der Waals surface area contributed by atoms with Crippen molar-refractivity contribution in [2.24, 2.45) is 5.73 Å². The Balaban J connectivity index is 2.98. The van der Waals surface area contributed by atoms with Gasteiger partial charge in [0.25, 0.3) is 0 Å². The molecule has 0 aromatic rings. The molecule has 1 aliphatic rings. The van der Waals surface area contributed by atoms with Gasteiger partial charge in [-0.2, -0.15) is 0 Å². The minimum atomic E-state index is -1.55. The molecule has 0 spiro atoms. The summed E-state index contributed by atoms with van der Waals surface area (Å²) >= 11 is 0. The lowest BCUT2D eigenvalue weighted by Crippen LogP contribution is -2.66. The van der Waals surface area contributed by atoms with Crippen LogP contribution in [0.3, 0.4) is 0 Å². The number of amides is 2. The van der Waals surface area contributed by atoms with Crippen LogP contribution in [0.4, 0.5) is 0 Å². The third-order valence-electron chi connectivity index (χ3n) is 4.50. The molecule has 168 valence electrons. The molecule has 0 aromatic heterocycles. The van der Waals surface area contributed by atoms with E-state index in [0.29, 0.717) is 0 Å². The zero-order valence-corrected chi connectivity index (χ0v) is 16.3. The highest BCUT2D eigenvalue weighted by atomic mass is 16.7. The van der Waals surface area contributed by atoms with Crippen LogP contribution in [0.5, 0.6) is 0 Å². The van der Waals surface area contributed by atoms with Gasteiger partial charge in [-0.25, -0.2) is 0 Å². The van der Waals surface area contributed by atoms with Gasteiger partial charge in [-0.15, -0.1) is 0 Å². The van der Waals surface area contributed by atoms with Crippen molar-refractivity contribution in [3.8, 4) is 0 Å². The fourth-order valence-corrected chi connectivity index (χ4v) is 2.85. The zero-order chi connectivity index (χ0) is 22.3. The number of carbonyl (C=O) groups is 3. The molecule has 0 radical (unpaired) electrons. The Hall–Kier alpha value is -1.87. The number of aliphatic carboxylic acids is 1. The van der Waals surface area contributed by atoms with Crippen LogP contribution in [0.1, 0.15) is 13.3 Å². The topological polar surface area (TPSA) is 210 Å². The van der Waals surface area contributed by atoms with Crippen molar-refractivity contribution in [3.63, 3.8) is 0 Å². The first-order valence-corrected chi connectivity index (χ1v) is 8.83. The number of nitrogens with one attached hydrogen (secondary N) is 2. The molecule has 2 amide bonds. The van der Waals surface area contributed by atoms with Crippen molar-refractivity contribution in [1.29, 1.82) is 0 Å². The number of carbonyl (C=O) groups excluding carboxylic acids is 2. The predicted molar refractivity (Wildman–Crippen MR) is 95.3 cm³/mol. The highest BCUT2D eigenvalue weighted by Crippen LogP contribution is 2.23. The van der Waals surface area contributed by atoms with E-state index in [1.807, 2.05) is 0 Å². The first kappa shape index (κ1) is 25.2. The van der Waals surface area contributed by atoms with Crippen LogP contribution in [-0.4, -0.2) is 108 Å². The van der Waals surface area contributed by atoms with Gasteiger partial charge in [0.05, 0.1) is 19.1 Å². The van der Waals surface area contributed by atoms with Crippen LogP contribution in [0.2, 0.25) is 0 Å². The average Bonchev–Trinajstić information content (AvgIpc) is 2.67. The summed E-state index contributed by atoms with van der Waals surface area (Å²) in [5.41, 5.74) is 5.49. The van der Waals surface area contributed by atoms with Crippen LogP contribution in [0.15, 0.2) is 0 Å². The van der Waals surface area contributed by atoms with Gasteiger partial charge in [0.2, 0.25) is 11.8 Å². The highest BCUT2D eigenvalue weighted by molar-refractivity contribution is 5.92. The summed E-state index contributed by atoms with van der Waals surface area (Å²) in [7, 11) is 2.52. The van der Waals surface area contributed by atoms with Gasteiger partial charge in [-0.3, -0.25) is 14.4 Å². The number of nitrogens with two attached hydrogens (primary N) is 1. The summed E-state index contributed by atoms with van der Waals surface area (Å²) in [6, 6.07) is -4.12. The molecular weight excluding hydrogens is 394 g/mol. The third-order valence-corrected chi connectivity index (χ3v) is 4.50. The van der Waals surface area contributed by atoms with Crippen LogP contribution in [0.25, 0.3) is 0 Å². The molecule has 0 aromatic carbocycles. The summed E-state index contributed by atoms with van der Waals surface area (Å²) in [6.45, 7) is 0.781. The number of aliphatic hydroxyl groups excluding tert-OH is 3. The van der Waals surface area contributed by atoms with Crippen molar-refractivity contribution in [2.45, 2.75) is 62.2 Å². The van der Waals surface area contributed by atoms with E-state index in [1.165, 1.54) is 21.1 Å². The predicted octanol–water partition coefficient (Wildman–Crippen LogP) is -4.12. The summed E-state index contributed by atoms with van der Waals surface area (Å²) in [5.74, 6) is -3.26. The Morgan fingerprint density at radius 2 is 1.83 bits per heavy atom. The van der Waals surface area contributed by atoms with E-state index < -0.39 is 79.6 Å². The monoisotopic (exact) mass is 423 g/mol. The fraction of sp³-hybridized carbons (Fsp3) is 0.812. The van der Waals surface area contributed by atoms with Crippen molar-refractivity contribution < 1.29 is 49.0 Å². The second-order valence-corrected chi connectivity index (χ2v) is 6.61. The molecule has 0 aliphatic carbocycles. The summed E-state index contributed by atoms with van der Waals surface area (Å²) in [6.07, 6.45) is -6.50. The third kappa shape index (κ3) is 6.57. The SMILES string of the molecule is CO[C@@H]1OC(CO)[C@@H](OC)[C@H](O)C1NC(=O)C(CC(=O)O)NC(=O)C(N)C(C)O. The Morgan fingerprint density at radius 1 is 1.21 bits per heavy atom. The molecular formula is C16H29N3O10. The van der Waals surface area contributed by atoms with Gasteiger partial charge in [0.15, 0.2) is 6.29 Å². The first-order chi connectivity index (χ1) is 13.6. The van der Waals surface area contributed by atoms with E-state index in [1.54, 1.807) is 0 Å². The fourth-order valence-electron chi connectivity index (χ4n) is 2.85. The molecule has 1 saturated heterocycles. The molecule has 13 heteroatoms. The minimum absolute atomic E-state index is 0.481. The van der Waals surface area contributed by atoms with E-state index in [9.17, 15) is 29.7 Å².